The molecular formula is C13H10N4O6. The first-order valence-electron chi connectivity index (χ1n) is 6.20. The fourth-order valence-electron chi connectivity index (χ4n) is 2.15. The molecule has 0 radical (unpaired) electrons. The van der Waals surface area contributed by atoms with Crippen molar-refractivity contribution in [2.45, 2.75) is 6.92 Å². The lowest BCUT2D eigenvalue weighted by atomic mass is 9.97. The molecule has 0 fully saturated rings. The van der Waals surface area contributed by atoms with Crippen molar-refractivity contribution in [1.29, 1.82) is 0 Å². The fraction of sp³-hybridized carbons (Fsp3) is 0.0769. The molecule has 0 bridgehead atoms. The van der Waals surface area contributed by atoms with Crippen LogP contribution in [0.4, 0.5) is 22.7 Å². The summed E-state index contributed by atoms with van der Waals surface area (Å²) >= 11 is 0. The van der Waals surface area contributed by atoms with Crippen molar-refractivity contribution >= 4 is 22.7 Å². The van der Waals surface area contributed by atoms with Crippen LogP contribution in [0, 0.1) is 37.3 Å². The number of benzene rings is 2. The smallest absolute Gasteiger partial charge is 0.291 e. The summed E-state index contributed by atoms with van der Waals surface area (Å²) < 4.78 is 0. The number of rotatable bonds is 4. The van der Waals surface area contributed by atoms with Crippen molar-refractivity contribution in [3.05, 3.63) is 66.2 Å². The van der Waals surface area contributed by atoms with E-state index in [2.05, 4.69) is 0 Å². The third-order valence-corrected chi connectivity index (χ3v) is 3.16. The highest BCUT2D eigenvalue weighted by molar-refractivity contribution is 5.90. The summed E-state index contributed by atoms with van der Waals surface area (Å²) in [5.74, 6) is 0. The van der Waals surface area contributed by atoms with Gasteiger partial charge in [0.15, 0.2) is 0 Å². The molecule has 0 heterocycles. The fourth-order valence-corrected chi connectivity index (χ4v) is 2.15. The molecule has 2 rings (SSSR count). The van der Waals surface area contributed by atoms with Gasteiger partial charge in [-0.3, -0.25) is 30.3 Å². The minimum atomic E-state index is -0.927. The molecule has 0 aliphatic heterocycles. The number of anilines is 1. The van der Waals surface area contributed by atoms with Crippen molar-refractivity contribution < 1.29 is 14.8 Å². The Morgan fingerprint density at radius 3 is 1.83 bits per heavy atom. The van der Waals surface area contributed by atoms with Crippen molar-refractivity contribution in [3.63, 3.8) is 0 Å². The Bertz CT molecular complexity index is 813. The first kappa shape index (κ1) is 15.8. The van der Waals surface area contributed by atoms with Crippen LogP contribution in [-0.2, 0) is 0 Å². The maximum atomic E-state index is 11.3. The van der Waals surface area contributed by atoms with Crippen LogP contribution in [0.2, 0.25) is 0 Å². The second-order valence-corrected chi connectivity index (χ2v) is 4.72. The summed E-state index contributed by atoms with van der Waals surface area (Å²) in [5, 5.41) is 33.4. The predicted octanol–water partition coefficient (Wildman–Crippen LogP) is 2.97. The van der Waals surface area contributed by atoms with Crippen molar-refractivity contribution in [3.8, 4) is 11.1 Å². The van der Waals surface area contributed by atoms with Gasteiger partial charge < -0.3 is 5.73 Å². The average molecular weight is 318 g/mol. The Morgan fingerprint density at radius 2 is 1.39 bits per heavy atom. The van der Waals surface area contributed by atoms with E-state index in [0.717, 1.165) is 0 Å². The second kappa shape index (κ2) is 5.67. The first-order valence-corrected chi connectivity index (χ1v) is 6.20. The van der Waals surface area contributed by atoms with Gasteiger partial charge in [0.1, 0.15) is 5.56 Å². The second-order valence-electron chi connectivity index (χ2n) is 4.72. The average Bonchev–Trinajstić information content (AvgIpc) is 2.48. The zero-order valence-electron chi connectivity index (χ0n) is 11.8. The molecule has 0 aliphatic carbocycles. The summed E-state index contributed by atoms with van der Waals surface area (Å²) in [4.78, 5) is 30.6. The van der Waals surface area contributed by atoms with Gasteiger partial charge in [-0.15, -0.1) is 0 Å². The van der Waals surface area contributed by atoms with Crippen LogP contribution in [0.5, 0.6) is 0 Å². The quantitative estimate of drug-likeness (QED) is 0.515. The molecule has 0 spiro atoms. The molecule has 0 amide bonds. The van der Waals surface area contributed by atoms with Gasteiger partial charge in [0, 0.05) is 11.3 Å². The van der Waals surface area contributed by atoms with E-state index < -0.39 is 31.8 Å². The largest absolute Gasteiger partial charge is 0.398 e. The van der Waals surface area contributed by atoms with E-state index in [9.17, 15) is 30.3 Å². The molecule has 0 aliphatic rings. The van der Waals surface area contributed by atoms with E-state index in [0.29, 0.717) is 17.7 Å². The summed E-state index contributed by atoms with van der Waals surface area (Å²) in [5.41, 5.74) is 4.04. The standard InChI is InChI=1S/C13H10N4O6/c1-7-2-3-10(14)9(4-7)13-11(16(20)21)5-8(15(18)19)6-12(13)17(22)23/h2-6H,14H2,1H3. The van der Waals surface area contributed by atoms with E-state index >= 15 is 0 Å². The Balaban J connectivity index is 2.95. The summed E-state index contributed by atoms with van der Waals surface area (Å²) in [6.07, 6.45) is 0. The van der Waals surface area contributed by atoms with Crippen LogP contribution in [0.15, 0.2) is 30.3 Å². The third kappa shape index (κ3) is 2.90. The monoisotopic (exact) mass is 318 g/mol. The van der Waals surface area contributed by atoms with Crippen molar-refractivity contribution in [2.75, 3.05) is 5.73 Å². The van der Waals surface area contributed by atoms with Crippen LogP contribution < -0.4 is 5.73 Å². The molecule has 0 saturated carbocycles. The Kier molecular flexibility index (Phi) is 3.90. The van der Waals surface area contributed by atoms with Gasteiger partial charge in [-0.25, -0.2) is 0 Å². The van der Waals surface area contributed by atoms with Crippen LogP contribution in [-0.4, -0.2) is 14.8 Å². The van der Waals surface area contributed by atoms with Crippen LogP contribution in [0.3, 0.4) is 0 Å². The minimum Gasteiger partial charge on any atom is -0.398 e. The number of hydrogen-bond acceptors (Lipinski definition) is 7. The zero-order chi connectivity index (χ0) is 17.3. The maximum absolute atomic E-state index is 11.3. The number of nitro benzene ring substituents is 3. The normalized spacial score (nSPS) is 10.3. The topological polar surface area (TPSA) is 155 Å². The van der Waals surface area contributed by atoms with E-state index in [1.807, 2.05) is 0 Å². The SMILES string of the molecule is Cc1ccc(N)c(-c2c([N+](=O)[O-])cc([N+](=O)[O-])cc2[N+](=O)[O-])c1. The zero-order valence-corrected chi connectivity index (χ0v) is 11.8. The summed E-state index contributed by atoms with van der Waals surface area (Å²) in [6, 6.07) is 5.92. The molecule has 2 N–H and O–H groups in total. The number of aryl methyl sites for hydroxylation is 1. The molecular weight excluding hydrogens is 308 g/mol. The molecule has 2 aromatic rings. The summed E-state index contributed by atoms with van der Waals surface area (Å²) in [7, 11) is 0. The lowest BCUT2D eigenvalue weighted by Crippen LogP contribution is -2.02. The lowest BCUT2D eigenvalue weighted by Gasteiger charge is -2.08. The number of hydrogen-bond donors (Lipinski definition) is 1. The first-order chi connectivity index (χ1) is 10.7. The minimum absolute atomic E-state index is 0.0818. The van der Waals surface area contributed by atoms with Crippen LogP contribution in [0.25, 0.3) is 11.1 Å². The van der Waals surface area contributed by atoms with Gasteiger partial charge in [-0.05, 0) is 19.1 Å². The number of non-ortho nitro benzene ring substituents is 1. The number of nitrogen functional groups attached to an aromatic ring is 1. The van der Waals surface area contributed by atoms with Gasteiger partial charge in [0.05, 0.1) is 26.9 Å². The van der Waals surface area contributed by atoms with Crippen LogP contribution in [0.1, 0.15) is 5.56 Å². The molecule has 0 aromatic heterocycles. The van der Waals surface area contributed by atoms with Crippen molar-refractivity contribution in [1.82, 2.24) is 0 Å². The maximum Gasteiger partial charge on any atom is 0.291 e. The van der Waals surface area contributed by atoms with Gasteiger partial charge in [0.25, 0.3) is 17.1 Å². The highest BCUT2D eigenvalue weighted by atomic mass is 16.6. The van der Waals surface area contributed by atoms with E-state index in [1.165, 1.54) is 12.1 Å². The highest BCUT2D eigenvalue weighted by Gasteiger charge is 2.32. The van der Waals surface area contributed by atoms with Gasteiger partial charge >= 0.3 is 0 Å². The number of nitrogens with zero attached hydrogens (tertiary/aromatic N) is 3. The van der Waals surface area contributed by atoms with Gasteiger partial charge in [-0.1, -0.05) is 11.6 Å². The lowest BCUT2D eigenvalue weighted by molar-refractivity contribution is -0.402. The number of nitrogens with two attached hydrogens (primary N) is 1. The van der Waals surface area contributed by atoms with E-state index in [4.69, 9.17) is 5.73 Å². The molecule has 2 aromatic carbocycles. The number of nitro groups is 3. The van der Waals surface area contributed by atoms with E-state index in [-0.39, 0.29) is 16.8 Å². The van der Waals surface area contributed by atoms with Gasteiger partial charge in [-0.2, -0.15) is 0 Å². The highest BCUT2D eigenvalue weighted by Crippen LogP contribution is 2.43. The molecule has 0 saturated heterocycles. The van der Waals surface area contributed by atoms with Crippen LogP contribution >= 0.6 is 0 Å². The Morgan fingerprint density at radius 1 is 0.870 bits per heavy atom. The molecule has 10 nitrogen and oxygen atoms in total. The molecule has 0 atom stereocenters. The third-order valence-electron chi connectivity index (χ3n) is 3.16. The molecule has 10 heteroatoms. The Labute approximate surface area is 128 Å². The molecule has 118 valence electrons. The summed E-state index contributed by atoms with van der Waals surface area (Å²) in [6.45, 7) is 1.69. The molecule has 23 heavy (non-hydrogen) atoms. The van der Waals surface area contributed by atoms with E-state index in [1.54, 1.807) is 13.0 Å². The predicted molar refractivity (Wildman–Crippen MR) is 81.0 cm³/mol. The Hall–Kier alpha value is -3.56. The van der Waals surface area contributed by atoms with Crippen molar-refractivity contribution in [2.24, 2.45) is 0 Å². The molecule has 0 unspecified atom stereocenters. The van der Waals surface area contributed by atoms with Gasteiger partial charge in [0.2, 0.25) is 0 Å².